The van der Waals surface area contributed by atoms with Gasteiger partial charge in [0.2, 0.25) is 0 Å². The molecule has 1 aliphatic rings. The van der Waals surface area contributed by atoms with Gasteiger partial charge in [-0.1, -0.05) is 15.9 Å². The molecule has 110 valence electrons. The van der Waals surface area contributed by atoms with Crippen molar-refractivity contribution in [3.8, 4) is 11.5 Å². The summed E-state index contributed by atoms with van der Waals surface area (Å²) in [6.45, 7) is 1.48. The van der Waals surface area contributed by atoms with Gasteiger partial charge in [0, 0.05) is 28.7 Å². The number of anilines is 1. The van der Waals surface area contributed by atoms with Crippen molar-refractivity contribution in [3.63, 3.8) is 0 Å². The Labute approximate surface area is 140 Å². The molecule has 2 aromatic rings. The van der Waals surface area contributed by atoms with E-state index in [1.165, 1.54) is 5.56 Å². The largest absolute Gasteiger partial charge is 0.495 e. The van der Waals surface area contributed by atoms with Crippen molar-refractivity contribution in [1.29, 1.82) is 0 Å². The maximum Gasteiger partial charge on any atom is 0.138 e. The van der Waals surface area contributed by atoms with E-state index < -0.39 is 0 Å². The number of methoxy groups -OCH3 is 1. The van der Waals surface area contributed by atoms with Gasteiger partial charge in [0.25, 0.3) is 0 Å². The molecule has 0 saturated heterocycles. The molecule has 0 unspecified atom stereocenters. The van der Waals surface area contributed by atoms with Gasteiger partial charge in [-0.25, -0.2) is 0 Å². The Hall–Kier alpha value is -1.20. The van der Waals surface area contributed by atoms with Gasteiger partial charge in [0.1, 0.15) is 11.5 Å². The van der Waals surface area contributed by atoms with Crippen LogP contribution in [0.4, 0.5) is 5.69 Å². The van der Waals surface area contributed by atoms with Gasteiger partial charge in [0.15, 0.2) is 0 Å². The molecule has 2 aromatic carbocycles. The fraction of sp³-hybridized carbons (Fsp3) is 0.250. The van der Waals surface area contributed by atoms with E-state index in [2.05, 4.69) is 49.3 Å². The van der Waals surface area contributed by atoms with Gasteiger partial charge < -0.3 is 14.8 Å². The lowest BCUT2D eigenvalue weighted by atomic mass is 10.1. The Balaban J connectivity index is 1.79. The quantitative estimate of drug-likeness (QED) is 0.784. The minimum Gasteiger partial charge on any atom is -0.495 e. The van der Waals surface area contributed by atoms with Crippen molar-refractivity contribution >= 4 is 37.5 Å². The van der Waals surface area contributed by atoms with Crippen LogP contribution in [0.15, 0.2) is 39.3 Å². The molecular formula is C16H15Br2NO2. The maximum atomic E-state index is 5.52. The molecule has 1 heterocycles. The van der Waals surface area contributed by atoms with E-state index in [1.54, 1.807) is 7.11 Å². The van der Waals surface area contributed by atoms with Gasteiger partial charge in [-0.2, -0.15) is 0 Å². The van der Waals surface area contributed by atoms with Crippen LogP contribution in [0.2, 0.25) is 0 Å². The van der Waals surface area contributed by atoms with Crippen LogP contribution in [0, 0.1) is 0 Å². The molecule has 1 aliphatic heterocycles. The van der Waals surface area contributed by atoms with Crippen molar-refractivity contribution in [1.82, 2.24) is 0 Å². The molecule has 3 nitrogen and oxygen atoms in total. The van der Waals surface area contributed by atoms with E-state index in [-0.39, 0.29) is 0 Å². The fourth-order valence-electron chi connectivity index (χ4n) is 2.47. The van der Waals surface area contributed by atoms with Gasteiger partial charge in [-0.15, -0.1) is 0 Å². The first-order chi connectivity index (χ1) is 10.2. The van der Waals surface area contributed by atoms with Crippen LogP contribution in [-0.2, 0) is 13.0 Å². The summed E-state index contributed by atoms with van der Waals surface area (Å²) in [5.74, 6) is 1.86. The third-order valence-electron chi connectivity index (χ3n) is 3.46. The zero-order valence-electron chi connectivity index (χ0n) is 11.6. The van der Waals surface area contributed by atoms with Crippen LogP contribution < -0.4 is 14.8 Å². The zero-order valence-corrected chi connectivity index (χ0v) is 14.8. The standard InChI is InChI=1S/C16H15Br2NO2/c1-20-16-11(6-12(17)8-14(16)18)9-19-13-2-3-15-10(7-13)4-5-21-15/h2-3,6-8,19H,4-5,9H2,1H3. The summed E-state index contributed by atoms with van der Waals surface area (Å²) < 4.78 is 13.0. The zero-order chi connectivity index (χ0) is 14.8. The topological polar surface area (TPSA) is 30.5 Å². The summed E-state index contributed by atoms with van der Waals surface area (Å²) in [5, 5.41) is 3.44. The predicted octanol–water partition coefficient (Wildman–Crippen LogP) is 4.77. The van der Waals surface area contributed by atoms with E-state index in [0.717, 1.165) is 44.7 Å². The molecule has 0 fully saturated rings. The second-order valence-corrected chi connectivity index (χ2v) is 6.62. The van der Waals surface area contributed by atoms with E-state index in [9.17, 15) is 0 Å². The van der Waals surface area contributed by atoms with Crippen molar-refractivity contribution in [2.24, 2.45) is 0 Å². The van der Waals surface area contributed by atoms with Gasteiger partial charge in [0.05, 0.1) is 18.2 Å². The number of ether oxygens (including phenoxy) is 2. The predicted molar refractivity (Wildman–Crippen MR) is 91.4 cm³/mol. The lowest BCUT2D eigenvalue weighted by Crippen LogP contribution is -2.02. The van der Waals surface area contributed by atoms with E-state index in [1.807, 2.05) is 18.2 Å². The Morgan fingerprint density at radius 2 is 2.10 bits per heavy atom. The lowest BCUT2D eigenvalue weighted by Gasteiger charge is -2.13. The van der Waals surface area contributed by atoms with Gasteiger partial charge in [-0.3, -0.25) is 0 Å². The Bertz CT molecular complexity index is 674. The first kappa shape index (κ1) is 14.7. The molecule has 0 aliphatic carbocycles. The van der Waals surface area contributed by atoms with Crippen molar-refractivity contribution in [3.05, 3.63) is 50.4 Å². The van der Waals surface area contributed by atoms with Gasteiger partial charge in [-0.05, 0) is 51.8 Å². The van der Waals surface area contributed by atoms with Crippen LogP contribution in [0.5, 0.6) is 11.5 Å². The second kappa shape index (κ2) is 6.28. The molecule has 0 aromatic heterocycles. The molecule has 0 atom stereocenters. The molecule has 3 rings (SSSR count). The highest BCUT2D eigenvalue weighted by Gasteiger charge is 2.13. The van der Waals surface area contributed by atoms with Crippen LogP contribution in [0.1, 0.15) is 11.1 Å². The maximum absolute atomic E-state index is 5.52. The van der Waals surface area contributed by atoms with Crippen LogP contribution in [0.25, 0.3) is 0 Å². The summed E-state index contributed by atoms with van der Waals surface area (Å²) in [6, 6.07) is 10.3. The highest BCUT2D eigenvalue weighted by atomic mass is 79.9. The van der Waals surface area contributed by atoms with Crippen LogP contribution >= 0.6 is 31.9 Å². The normalized spacial score (nSPS) is 12.7. The van der Waals surface area contributed by atoms with Crippen molar-refractivity contribution in [2.75, 3.05) is 19.0 Å². The van der Waals surface area contributed by atoms with E-state index in [0.29, 0.717) is 6.54 Å². The summed E-state index contributed by atoms with van der Waals surface area (Å²) in [5.41, 5.74) is 3.45. The number of hydrogen-bond acceptors (Lipinski definition) is 3. The lowest BCUT2D eigenvalue weighted by molar-refractivity contribution is 0.357. The third kappa shape index (κ3) is 3.19. The minimum atomic E-state index is 0.695. The summed E-state index contributed by atoms with van der Waals surface area (Å²) >= 11 is 7.04. The number of rotatable bonds is 4. The molecule has 0 amide bonds. The number of hydrogen-bond donors (Lipinski definition) is 1. The molecule has 1 N–H and O–H groups in total. The van der Waals surface area contributed by atoms with E-state index in [4.69, 9.17) is 9.47 Å². The Kier molecular flexibility index (Phi) is 4.40. The number of fused-ring (bicyclic) bond motifs is 1. The summed E-state index contributed by atoms with van der Waals surface area (Å²) in [7, 11) is 1.68. The molecule has 21 heavy (non-hydrogen) atoms. The molecule has 0 saturated carbocycles. The highest BCUT2D eigenvalue weighted by Crippen LogP contribution is 2.33. The first-order valence-electron chi connectivity index (χ1n) is 6.69. The minimum absolute atomic E-state index is 0.695. The Morgan fingerprint density at radius 1 is 1.24 bits per heavy atom. The number of halogens is 2. The van der Waals surface area contributed by atoms with Crippen molar-refractivity contribution in [2.45, 2.75) is 13.0 Å². The summed E-state index contributed by atoms with van der Waals surface area (Å²) in [6.07, 6.45) is 0.983. The second-order valence-electron chi connectivity index (χ2n) is 4.85. The number of benzene rings is 2. The highest BCUT2D eigenvalue weighted by molar-refractivity contribution is 9.11. The molecule has 0 spiro atoms. The average Bonchev–Trinajstić information content (AvgIpc) is 2.92. The van der Waals surface area contributed by atoms with Crippen LogP contribution in [0.3, 0.4) is 0 Å². The van der Waals surface area contributed by atoms with Gasteiger partial charge >= 0.3 is 0 Å². The Morgan fingerprint density at radius 3 is 2.90 bits per heavy atom. The molecule has 0 bridgehead atoms. The summed E-state index contributed by atoms with van der Waals surface area (Å²) in [4.78, 5) is 0. The molecular weight excluding hydrogens is 398 g/mol. The monoisotopic (exact) mass is 411 g/mol. The average molecular weight is 413 g/mol. The van der Waals surface area contributed by atoms with E-state index >= 15 is 0 Å². The third-order valence-corrected chi connectivity index (χ3v) is 4.51. The first-order valence-corrected chi connectivity index (χ1v) is 8.27. The van der Waals surface area contributed by atoms with Crippen molar-refractivity contribution < 1.29 is 9.47 Å². The SMILES string of the molecule is COc1c(Br)cc(Br)cc1CNc1ccc2c(c1)CCO2. The molecule has 5 heteroatoms. The van der Waals surface area contributed by atoms with Crippen LogP contribution in [-0.4, -0.2) is 13.7 Å². The molecule has 0 radical (unpaired) electrons. The fourth-order valence-corrected chi connectivity index (χ4v) is 3.94. The number of nitrogens with one attached hydrogen (secondary N) is 1. The smallest absolute Gasteiger partial charge is 0.138 e.